The van der Waals surface area contributed by atoms with Gasteiger partial charge < -0.3 is 4.74 Å². The fourth-order valence-corrected chi connectivity index (χ4v) is 2.26. The summed E-state index contributed by atoms with van der Waals surface area (Å²) in [6, 6.07) is 0. The second kappa shape index (κ2) is 5.15. The van der Waals surface area contributed by atoms with Crippen molar-refractivity contribution in [3.63, 3.8) is 0 Å². The van der Waals surface area contributed by atoms with Gasteiger partial charge in [-0.05, 0) is 33.1 Å². The van der Waals surface area contributed by atoms with Gasteiger partial charge >= 0.3 is 5.97 Å². The van der Waals surface area contributed by atoms with Crippen LogP contribution in [-0.2, 0) is 9.53 Å². The molecule has 0 amide bonds. The largest absolute Gasteiger partial charge is 0.469 e. The predicted octanol–water partition coefficient (Wildman–Crippen LogP) is 3.24. The molecule has 1 aliphatic rings. The minimum Gasteiger partial charge on any atom is -0.469 e. The Balaban J connectivity index is 2.61. The predicted molar refractivity (Wildman–Crippen MR) is 61.5 cm³/mol. The van der Waals surface area contributed by atoms with Gasteiger partial charge in [-0.3, -0.25) is 4.79 Å². The van der Waals surface area contributed by atoms with Crippen molar-refractivity contribution in [3.05, 3.63) is 23.3 Å². The molecule has 0 aromatic rings. The Morgan fingerprint density at radius 3 is 2.80 bits per heavy atom. The number of ether oxygens (including phenoxy) is 1. The minimum atomic E-state index is -0.123. The van der Waals surface area contributed by atoms with Crippen molar-refractivity contribution < 1.29 is 9.53 Å². The lowest BCUT2D eigenvalue weighted by atomic mass is 9.91. The third-order valence-electron chi connectivity index (χ3n) is 3.20. The summed E-state index contributed by atoms with van der Waals surface area (Å²) in [6.45, 7) is 8.25. The Morgan fingerprint density at radius 2 is 2.27 bits per heavy atom. The zero-order chi connectivity index (χ0) is 11.4. The normalized spacial score (nSPS) is 20.6. The zero-order valence-electron chi connectivity index (χ0n) is 9.93. The summed E-state index contributed by atoms with van der Waals surface area (Å²) in [5, 5.41) is 0. The molecular weight excluding hydrogens is 188 g/mol. The van der Waals surface area contributed by atoms with Gasteiger partial charge in [-0.2, -0.15) is 0 Å². The maximum absolute atomic E-state index is 11.1. The molecule has 15 heavy (non-hydrogen) atoms. The molecule has 2 heteroatoms. The highest BCUT2D eigenvalue weighted by molar-refractivity contribution is 5.69. The molecule has 0 heterocycles. The highest BCUT2D eigenvalue weighted by Crippen LogP contribution is 2.38. The van der Waals surface area contributed by atoms with E-state index in [4.69, 9.17) is 0 Å². The molecule has 0 aromatic carbocycles. The van der Waals surface area contributed by atoms with Crippen molar-refractivity contribution in [1.82, 2.24) is 0 Å². The van der Waals surface area contributed by atoms with Crippen molar-refractivity contribution in [1.29, 1.82) is 0 Å². The second-order valence-electron chi connectivity index (χ2n) is 4.32. The van der Waals surface area contributed by atoms with E-state index in [0.717, 1.165) is 19.3 Å². The molecule has 1 rings (SSSR count). The summed E-state index contributed by atoms with van der Waals surface area (Å²) in [7, 11) is 1.44. The summed E-state index contributed by atoms with van der Waals surface area (Å²) in [5.74, 6) is 0.373. The summed E-state index contributed by atoms with van der Waals surface area (Å²) in [4.78, 5) is 11.1. The molecule has 0 aromatic heterocycles. The van der Waals surface area contributed by atoms with E-state index < -0.39 is 0 Å². The van der Waals surface area contributed by atoms with E-state index in [1.165, 1.54) is 23.8 Å². The summed E-state index contributed by atoms with van der Waals surface area (Å²) < 4.78 is 4.66. The lowest BCUT2D eigenvalue weighted by Crippen LogP contribution is -2.05. The number of rotatable bonds is 4. The van der Waals surface area contributed by atoms with Gasteiger partial charge in [-0.25, -0.2) is 0 Å². The monoisotopic (exact) mass is 208 g/mol. The first-order valence-electron chi connectivity index (χ1n) is 5.47. The third-order valence-corrected chi connectivity index (χ3v) is 3.20. The number of esters is 1. The van der Waals surface area contributed by atoms with E-state index in [0.29, 0.717) is 12.3 Å². The molecule has 0 fully saturated rings. The zero-order valence-corrected chi connectivity index (χ0v) is 9.93. The van der Waals surface area contributed by atoms with E-state index in [9.17, 15) is 4.79 Å². The van der Waals surface area contributed by atoms with Crippen LogP contribution in [0.2, 0.25) is 0 Å². The van der Waals surface area contributed by atoms with Crippen LogP contribution in [0.25, 0.3) is 0 Å². The van der Waals surface area contributed by atoms with E-state index >= 15 is 0 Å². The SMILES string of the molecule is C=C(C)C1CCC(C)=C1CCC(=O)OC. The van der Waals surface area contributed by atoms with Crippen LogP contribution in [-0.4, -0.2) is 13.1 Å². The third kappa shape index (κ3) is 2.95. The van der Waals surface area contributed by atoms with E-state index in [-0.39, 0.29) is 5.97 Å². The molecule has 2 nitrogen and oxygen atoms in total. The van der Waals surface area contributed by atoms with Crippen LogP contribution in [0.3, 0.4) is 0 Å². The van der Waals surface area contributed by atoms with Crippen LogP contribution in [0.5, 0.6) is 0 Å². The van der Waals surface area contributed by atoms with Gasteiger partial charge in [0.1, 0.15) is 0 Å². The number of carbonyl (C=O) groups is 1. The number of hydrogen-bond acceptors (Lipinski definition) is 2. The first-order chi connectivity index (χ1) is 7.06. The second-order valence-corrected chi connectivity index (χ2v) is 4.32. The van der Waals surface area contributed by atoms with Gasteiger partial charge in [-0.15, -0.1) is 0 Å². The van der Waals surface area contributed by atoms with Gasteiger partial charge in [0.15, 0.2) is 0 Å². The molecule has 1 atom stereocenters. The van der Waals surface area contributed by atoms with Crippen LogP contribution in [0.15, 0.2) is 23.3 Å². The Hall–Kier alpha value is -1.05. The van der Waals surface area contributed by atoms with E-state index in [1.807, 2.05) is 0 Å². The van der Waals surface area contributed by atoms with Gasteiger partial charge in [0.25, 0.3) is 0 Å². The smallest absolute Gasteiger partial charge is 0.305 e. The van der Waals surface area contributed by atoms with Crippen molar-refractivity contribution >= 4 is 5.97 Å². The minimum absolute atomic E-state index is 0.123. The molecule has 0 N–H and O–H groups in total. The van der Waals surface area contributed by atoms with Gasteiger partial charge in [0.05, 0.1) is 7.11 Å². The first-order valence-corrected chi connectivity index (χ1v) is 5.47. The fraction of sp³-hybridized carbons (Fsp3) is 0.615. The van der Waals surface area contributed by atoms with E-state index in [2.05, 4.69) is 25.2 Å². The molecule has 0 saturated carbocycles. The molecular formula is C13H20O2. The summed E-state index contributed by atoms with van der Waals surface area (Å²) in [5.41, 5.74) is 4.06. The van der Waals surface area contributed by atoms with Gasteiger partial charge in [0, 0.05) is 12.3 Å². The van der Waals surface area contributed by atoms with Gasteiger partial charge in [-0.1, -0.05) is 23.3 Å². The Bertz CT molecular complexity index is 300. The van der Waals surface area contributed by atoms with Crippen LogP contribution in [0.1, 0.15) is 39.5 Å². The Morgan fingerprint density at radius 1 is 1.60 bits per heavy atom. The fourth-order valence-electron chi connectivity index (χ4n) is 2.26. The van der Waals surface area contributed by atoms with Crippen LogP contribution >= 0.6 is 0 Å². The topological polar surface area (TPSA) is 26.3 Å². The highest BCUT2D eigenvalue weighted by Gasteiger charge is 2.23. The van der Waals surface area contributed by atoms with Crippen LogP contribution in [0.4, 0.5) is 0 Å². The molecule has 84 valence electrons. The maximum Gasteiger partial charge on any atom is 0.305 e. The summed E-state index contributed by atoms with van der Waals surface area (Å²) in [6.07, 6.45) is 3.63. The van der Waals surface area contributed by atoms with Crippen LogP contribution in [0, 0.1) is 5.92 Å². The number of allylic oxidation sites excluding steroid dienone is 3. The quantitative estimate of drug-likeness (QED) is 0.523. The van der Waals surface area contributed by atoms with Crippen molar-refractivity contribution in [2.24, 2.45) is 5.92 Å². The lowest BCUT2D eigenvalue weighted by Gasteiger charge is -2.15. The standard InChI is InChI=1S/C13H20O2/c1-9(2)11-6-5-10(3)12(11)7-8-13(14)15-4/h11H,1,5-8H2,2-4H3. The van der Waals surface area contributed by atoms with Crippen molar-refractivity contribution in [3.8, 4) is 0 Å². The molecule has 0 spiro atoms. The number of hydrogen-bond donors (Lipinski definition) is 0. The maximum atomic E-state index is 11.1. The molecule has 1 unspecified atom stereocenters. The first kappa shape index (κ1) is 12.0. The van der Waals surface area contributed by atoms with Crippen LogP contribution < -0.4 is 0 Å². The average molecular weight is 208 g/mol. The van der Waals surface area contributed by atoms with Gasteiger partial charge in [0.2, 0.25) is 0 Å². The summed E-state index contributed by atoms with van der Waals surface area (Å²) >= 11 is 0. The Kier molecular flexibility index (Phi) is 4.13. The molecule has 0 saturated heterocycles. The van der Waals surface area contributed by atoms with Crippen molar-refractivity contribution in [2.75, 3.05) is 7.11 Å². The molecule has 1 aliphatic carbocycles. The molecule has 0 aliphatic heterocycles. The van der Waals surface area contributed by atoms with E-state index in [1.54, 1.807) is 0 Å². The highest BCUT2D eigenvalue weighted by atomic mass is 16.5. The number of carbonyl (C=O) groups excluding carboxylic acids is 1. The Labute approximate surface area is 92.0 Å². The molecule has 0 radical (unpaired) electrons. The number of methoxy groups -OCH3 is 1. The molecule has 0 bridgehead atoms. The lowest BCUT2D eigenvalue weighted by molar-refractivity contribution is -0.140. The van der Waals surface area contributed by atoms with Crippen molar-refractivity contribution in [2.45, 2.75) is 39.5 Å². The average Bonchev–Trinajstić information content (AvgIpc) is 2.56.